The van der Waals surface area contributed by atoms with Crippen LogP contribution in [0.5, 0.6) is 0 Å². The van der Waals surface area contributed by atoms with Crippen LogP contribution in [0, 0.1) is 30.4 Å². The fourth-order valence-corrected chi connectivity index (χ4v) is 4.69. The summed E-state index contributed by atoms with van der Waals surface area (Å²) in [5.41, 5.74) is 3.27. The van der Waals surface area contributed by atoms with Gasteiger partial charge in [-0.05, 0) is 62.1 Å². The number of aliphatic carboxylic acids is 1. The number of nitrogens with zero attached hydrogens (tertiary/aromatic N) is 2. The largest absolute Gasteiger partial charge is 0.480 e. The van der Waals surface area contributed by atoms with E-state index >= 15 is 0 Å². The summed E-state index contributed by atoms with van der Waals surface area (Å²) in [6.07, 6.45) is 3.93. The van der Waals surface area contributed by atoms with E-state index in [1.807, 2.05) is 41.9 Å². The molecule has 2 aromatic carbocycles. The van der Waals surface area contributed by atoms with Crippen LogP contribution in [0.25, 0.3) is 22.4 Å². The van der Waals surface area contributed by atoms with Crippen LogP contribution in [0.15, 0.2) is 48.5 Å². The van der Waals surface area contributed by atoms with Crippen molar-refractivity contribution in [3.63, 3.8) is 0 Å². The normalized spacial score (nSPS) is 18.4. The molecule has 0 amide bonds. The van der Waals surface area contributed by atoms with Crippen molar-refractivity contribution >= 4 is 5.97 Å². The molecule has 174 valence electrons. The van der Waals surface area contributed by atoms with E-state index in [-0.39, 0.29) is 12.2 Å². The van der Waals surface area contributed by atoms with Gasteiger partial charge in [0.2, 0.25) is 0 Å². The van der Waals surface area contributed by atoms with Crippen molar-refractivity contribution in [1.82, 2.24) is 9.78 Å². The minimum atomic E-state index is -0.947. The van der Waals surface area contributed by atoms with Gasteiger partial charge in [0.15, 0.2) is 11.6 Å². The summed E-state index contributed by atoms with van der Waals surface area (Å²) < 4.78 is 35.9. The molecule has 1 aliphatic carbocycles. The van der Waals surface area contributed by atoms with Gasteiger partial charge in [-0.2, -0.15) is 5.10 Å². The summed E-state index contributed by atoms with van der Waals surface area (Å²) in [5.74, 6) is -1.94. The van der Waals surface area contributed by atoms with Gasteiger partial charge in [0, 0.05) is 23.4 Å². The summed E-state index contributed by atoms with van der Waals surface area (Å²) in [7, 11) is 0. The number of carboxylic acid groups (broad SMARTS) is 1. The minimum absolute atomic E-state index is 0.162. The second-order valence-electron chi connectivity index (χ2n) is 8.75. The molecule has 0 radical (unpaired) electrons. The average Bonchev–Trinajstić information content (AvgIpc) is 3.13. The van der Waals surface area contributed by atoms with Gasteiger partial charge in [0.05, 0.1) is 6.61 Å². The average molecular weight is 455 g/mol. The van der Waals surface area contributed by atoms with Gasteiger partial charge in [-0.15, -0.1) is 0 Å². The highest BCUT2D eigenvalue weighted by Crippen LogP contribution is 2.37. The summed E-state index contributed by atoms with van der Waals surface area (Å²) >= 11 is 0. The highest BCUT2D eigenvalue weighted by Gasteiger charge is 2.26. The summed E-state index contributed by atoms with van der Waals surface area (Å²) in [6.45, 7) is 2.89. The van der Waals surface area contributed by atoms with Crippen molar-refractivity contribution in [1.29, 1.82) is 0 Å². The summed E-state index contributed by atoms with van der Waals surface area (Å²) in [6, 6.07) is 13.9. The molecule has 4 rings (SSSR count). The summed E-state index contributed by atoms with van der Waals surface area (Å²) in [5, 5.41) is 13.5. The van der Waals surface area contributed by atoms with Crippen LogP contribution in [0.1, 0.15) is 31.4 Å². The van der Waals surface area contributed by atoms with Crippen molar-refractivity contribution in [3.05, 3.63) is 65.9 Å². The lowest BCUT2D eigenvalue weighted by Crippen LogP contribution is -2.23. The summed E-state index contributed by atoms with van der Waals surface area (Å²) in [4.78, 5) is 10.6. The quantitative estimate of drug-likeness (QED) is 0.473. The lowest BCUT2D eigenvalue weighted by molar-refractivity contribution is -0.142. The first-order valence-electron chi connectivity index (χ1n) is 11.3. The monoisotopic (exact) mass is 454 g/mol. The highest BCUT2D eigenvalue weighted by atomic mass is 19.2. The lowest BCUT2D eigenvalue weighted by Gasteiger charge is -2.28. The lowest BCUT2D eigenvalue weighted by atomic mass is 9.82. The molecule has 1 N–H and O–H groups in total. The second kappa shape index (κ2) is 10.3. The standard InChI is InChI=1S/C26H28F2N2O3/c1-17-24(20-6-3-2-4-7-20)26(21-8-5-9-22(27)25(21)28)29-30(17)14-18-10-12-19(13-11-18)15-33-16-23(31)32/h2-9,18-19H,10-16H2,1H3,(H,31,32)/t18-,19-. The third-order valence-electron chi connectivity index (χ3n) is 6.45. The van der Waals surface area contributed by atoms with E-state index in [0.29, 0.717) is 30.7 Å². The van der Waals surface area contributed by atoms with Gasteiger partial charge < -0.3 is 9.84 Å². The van der Waals surface area contributed by atoms with Gasteiger partial charge in [-0.3, -0.25) is 4.68 Å². The molecule has 7 heteroatoms. The van der Waals surface area contributed by atoms with Crippen LogP contribution in [0.3, 0.4) is 0 Å². The minimum Gasteiger partial charge on any atom is -0.480 e. The fraction of sp³-hybridized carbons (Fsp3) is 0.385. The van der Waals surface area contributed by atoms with Crippen molar-refractivity contribution in [2.75, 3.05) is 13.2 Å². The number of hydrogen-bond donors (Lipinski definition) is 1. The maximum atomic E-state index is 14.7. The van der Waals surface area contributed by atoms with Crippen LogP contribution in [-0.2, 0) is 16.1 Å². The Bertz CT molecular complexity index is 1110. The first kappa shape index (κ1) is 23.1. The Morgan fingerprint density at radius 1 is 1.06 bits per heavy atom. The maximum absolute atomic E-state index is 14.7. The molecule has 0 spiro atoms. The molecular weight excluding hydrogens is 426 g/mol. The molecule has 1 saturated carbocycles. The highest BCUT2D eigenvalue weighted by molar-refractivity contribution is 5.83. The van der Waals surface area contributed by atoms with Crippen molar-refractivity contribution < 1.29 is 23.4 Å². The number of rotatable bonds is 8. The number of carboxylic acids is 1. The molecular formula is C26H28F2N2O3. The van der Waals surface area contributed by atoms with Crippen LogP contribution >= 0.6 is 0 Å². The molecule has 33 heavy (non-hydrogen) atoms. The molecule has 0 aliphatic heterocycles. The number of halogens is 2. The molecule has 0 saturated heterocycles. The number of carbonyl (C=O) groups is 1. The SMILES string of the molecule is Cc1c(-c2ccccc2)c(-c2cccc(F)c2F)nn1C[C@H]1CC[C@H](COCC(=O)O)CC1. The van der Waals surface area contributed by atoms with Gasteiger partial charge in [-0.25, -0.2) is 13.6 Å². The molecule has 1 fully saturated rings. The van der Waals surface area contributed by atoms with E-state index in [9.17, 15) is 13.6 Å². The van der Waals surface area contributed by atoms with E-state index in [1.54, 1.807) is 6.07 Å². The molecule has 1 aliphatic rings. The van der Waals surface area contributed by atoms with E-state index < -0.39 is 17.6 Å². The zero-order valence-electron chi connectivity index (χ0n) is 18.6. The predicted molar refractivity (Wildman–Crippen MR) is 122 cm³/mol. The van der Waals surface area contributed by atoms with Crippen molar-refractivity contribution in [2.45, 2.75) is 39.2 Å². The third kappa shape index (κ3) is 5.30. The first-order valence-corrected chi connectivity index (χ1v) is 11.3. The Balaban J connectivity index is 1.56. The Labute approximate surface area is 192 Å². The van der Waals surface area contributed by atoms with E-state index in [4.69, 9.17) is 14.9 Å². The Morgan fingerprint density at radius 2 is 1.76 bits per heavy atom. The van der Waals surface area contributed by atoms with Crippen LogP contribution in [0.4, 0.5) is 8.78 Å². The van der Waals surface area contributed by atoms with E-state index in [0.717, 1.165) is 48.6 Å². The predicted octanol–water partition coefficient (Wildman–Crippen LogP) is 5.71. The topological polar surface area (TPSA) is 64.4 Å². The van der Waals surface area contributed by atoms with E-state index in [2.05, 4.69) is 0 Å². The van der Waals surface area contributed by atoms with Gasteiger partial charge >= 0.3 is 5.97 Å². The molecule has 0 atom stereocenters. The van der Waals surface area contributed by atoms with Crippen LogP contribution in [-0.4, -0.2) is 34.1 Å². The van der Waals surface area contributed by atoms with Crippen LogP contribution < -0.4 is 0 Å². The molecule has 3 aromatic rings. The Kier molecular flexibility index (Phi) is 7.18. The number of hydrogen-bond acceptors (Lipinski definition) is 3. The Morgan fingerprint density at radius 3 is 2.45 bits per heavy atom. The van der Waals surface area contributed by atoms with Crippen molar-refractivity contribution in [2.24, 2.45) is 11.8 Å². The molecule has 0 bridgehead atoms. The van der Waals surface area contributed by atoms with Gasteiger partial charge in [0.25, 0.3) is 0 Å². The molecule has 1 aromatic heterocycles. The van der Waals surface area contributed by atoms with Gasteiger partial charge in [0.1, 0.15) is 12.3 Å². The molecule has 0 unspecified atom stereocenters. The number of aromatic nitrogens is 2. The zero-order chi connectivity index (χ0) is 23.4. The van der Waals surface area contributed by atoms with Crippen LogP contribution in [0.2, 0.25) is 0 Å². The van der Waals surface area contributed by atoms with E-state index in [1.165, 1.54) is 6.07 Å². The molecule has 1 heterocycles. The number of ether oxygens (including phenoxy) is 1. The molecule has 5 nitrogen and oxygen atoms in total. The van der Waals surface area contributed by atoms with Crippen molar-refractivity contribution in [3.8, 4) is 22.4 Å². The van der Waals surface area contributed by atoms with Gasteiger partial charge in [-0.1, -0.05) is 36.4 Å². The maximum Gasteiger partial charge on any atom is 0.329 e. The second-order valence-corrected chi connectivity index (χ2v) is 8.75. The smallest absolute Gasteiger partial charge is 0.329 e. The Hall–Kier alpha value is -3.06. The third-order valence-corrected chi connectivity index (χ3v) is 6.45. The zero-order valence-corrected chi connectivity index (χ0v) is 18.6. The fourth-order valence-electron chi connectivity index (χ4n) is 4.69. The number of benzene rings is 2. The first-order chi connectivity index (χ1) is 15.9.